The average molecular weight is 476 g/mol. The Balaban J connectivity index is 1.31. The normalized spacial score (nSPS) is 11.7. The van der Waals surface area contributed by atoms with E-state index in [1.807, 2.05) is 60.1 Å². The highest BCUT2D eigenvalue weighted by molar-refractivity contribution is 7.98. The molecule has 0 bridgehead atoms. The van der Waals surface area contributed by atoms with Crippen molar-refractivity contribution in [3.8, 4) is 5.75 Å². The molecule has 0 aliphatic heterocycles. The predicted octanol–water partition coefficient (Wildman–Crippen LogP) is 3.83. The van der Waals surface area contributed by atoms with Crippen LogP contribution in [0.4, 0.5) is 0 Å². The number of nitrogens with zero attached hydrogens (tertiary/aromatic N) is 3. The first-order chi connectivity index (χ1) is 16.4. The average Bonchev–Trinajstić information content (AvgIpc) is 3.29. The van der Waals surface area contributed by atoms with Crippen LogP contribution in [0.5, 0.6) is 5.75 Å². The molecule has 1 aromatic heterocycles. The second-order valence-corrected chi connectivity index (χ2v) is 8.79. The number of carbonyl (C=O) groups is 2. The molecule has 1 heterocycles. The Labute approximate surface area is 201 Å². The summed E-state index contributed by atoms with van der Waals surface area (Å²) in [5.41, 5.74) is 7.40. The highest BCUT2D eigenvalue weighted by Crippen LogP contribution is 2.25. The van der Waals surface area contributed by atoms with E-state index in [9.17, 15) is 9.59 Å². The molecule has 0 aliphatic carbocycles. The van der Waals surface area contributed by atoms with Gasteiger partial charge >= 0.3 is 0 Å². The minimum atomic E-state index is -0.438. The van der Waals surface area contributed by atoms with Gasteiger partial charge in [0.2, 0.25) is 5.91 Å². The molecule has 9 heteroatoms. The number of benzene rings is 3. The lowest BCUT2D eigenvalue weighted by molar-refractivity contribution is -0.123. The molecule has 0 radical (unpaired) electrons. The zero-order valence-electron chi connectivity index (χ0n) is 19.1. The van der Waals surface area contributed by atoms with Crippen LogP contribution in [0.25, 0.3) is 10.8 Å². The number of methoxy groups -OCH3 is 1. The number of aromatic nitrogens is 3. The third-order valence-electron chi connectivity index (χ3n) is 5.52. The molecule has 0 spiro atoms. The molecule has 0 unspecified atom stereocenters. The molecule has 2 amide bonds. The molecule has 4 aromatic rings. The third kappa shape index (κ3) is 5.37. The van der Waals surface area contributed by atoms with Gasteiger partial charge in [0.05, 0.1) is 13.0 Å². The number of ether oxygens (including phenoxy) is 1. The molecule has 0 saturated carbocycles. The van der Waals surface area contributed by atoms with Crippen LogP contribution in [0.2, 0.25) is 0 Å². The Hall–Kier alpha value is -3.85. The Kier molecular flexibility index (Phi) is 7.12. The summed E-state index contributed by atoms with van der Waals surface area (Å²) in [7, 11) is 3.52. The zero-order chi connectivity index (χ0) is 24.1. The number of hydrazine groups is 1. The van der Waals surface area contributed by atoms with E-state index < -0.39 is 5.92 Å². The van der Waals surface area contributed by atoms with Gasteiger partial charge in [-0.1, -0.05) is 48.2 Å². The summed E-state index contributed by atoms with van der Waals surface area (Å²) in [5.74, 6) is 0.385. The van der Waals surface area contributed by atoms with Crippen molar-refractivity contribution >= 4 is 34.3 Å². The fraction of sp³-hybridized carbons (Fsp3) is 0.200. The standard InChI is InChI=1S/C25H25N5O3S/c1-16(19-8-9-21-13-22(33-3)11-10-20(21)12-19)23(31)27-28-24(32)18-6-4-17(5-7-18)14-34-25-29-26-15-30(25)2/h4-13,15-16H,14H2,1-3H3,(H,27,31)(H,28,32)/t16-/m0/s1. The summed E-state index contributed by atoms with van der Waals surface area (Å²) < 4.78 is 7.11. The lowest BCUT2D eigenvalue weighted by Crippen LogP contribution is -2.43. The van der Waals surface area contributed by atoms with E-state index in [0.717, 1.165) is 32.8 Å². The SMILES string of the molecule is COc1ccc2cc([C@H](C)C(=O)NNC(=O)c3ccc(CSc4nncn4C)cc3)ccc2c1. The van der Waals surface area contributed by atoms with Crippen LogP contribution in [0.1, 0.15) is 34.3 Å². The molecule has 1 atom stereocenters. The van der Waals surface area contributed by atoms with Crippen LogP contribution < -0.4 is 15.6 Å². The van der Waals surface area contributed by atoms with Gasteiger partial charge in [-0.15, -0.1) is 10.2 Å². The zero-order valence-corrected chi connectivity index (χ0v) is 19.9. The molecule has 34 heavy (non-hydrogen) atoms. The van der Waals surface area contributed by atoms with Crippen molar-refractivity contribution in [1.82, 2.24) is 25.6 Å². The van der Waals surface area contributed by atoms with Gasteiger partial charge in [0.1, 0.15) is 12.1 Å². The van der Waals surface area contributed by atoms with Gasteiger partial charge in [0.25, 0.3) is 5.91 Å². The fourth-order valence-corrected chi connectivity index (χ4v) is 4.24. The van der Waals surface area contributed by atoms with Gasteiger partial charge in [-0.05, 0) is 53.1 Å². The van der Waals surface area contributed by atoms with Gasteiger partial charge in [-0.25, -0.2) is 0 Å². The van der Waals surface area contributed by atoms with E-state index in [1.54, 1.807) is 44.3 Å². The molecule has 0 fully saturated rings. The number of fused-ring (bicyclic) bond motifs is 1. The van der Waals surface area contributed by atoms with Crippen LogP contribution in [0.3, 0.4) is 0 Å². The van der Waals surface area contributed by atoms with Crippen molar-refractivity contribution in [2.24, 2.45) is 7.05 Å². The first-order valence-corrected chi connectivity index (χ1v) is 11.7. The van der Waals surface area contributed by atoms with Crippen molar-refractivity contribution in [1.29, 1.82) is 0 Å². The molecule has 4 rings (SSSR count). The highest BCUT2D eigenvalue weighted by Gasteiger charge is 2.17. The lowest BCUT2D eigenvalue weighted by atomic mass is 9.97. The summed E-state index contributed by atoms with van der Waals surface area (Å²) >= 11 is 1.56. The summed E-state index contributed by atoms with van der Waals surface area (Å²) in [6, 6.07) is 18.9. The molecular weight excluding hydrogens is 450 g/mol. The number of aryl methyl sites for hydroxylation is 1. The lowest BCUT2D eigenvalue weighted by Gasteiger charge is -2.14. The Morgan fingerprint density at radius 1 is 1.03 bits per heavy atom. The Bertz CT molecular complexity index is 1320. The predicted molar refractivity (Wildman–Crippen MR) is 132 cm³/mol. The number of hydrogen-bond acceptors (Lipinski definition) is 6. The molecule has 0 saturated heterocycles. The Morgan fingerprint density at radius 2 is 1.76 bits per heavy atom. The second kappa shape index (κ2) is 10.4. The number of hydrogen-bond donors (Lipinski definition) is 2. The van der Waals surface area contributed by atoms with Crippen molar-refractivity contribution < 1.29 is 14.3 Å². The summed E-state index contributed by atoms with van der Waals surface area (Å²) in [6.45, 7) is 1.80. The first-order valence-electron chi connectivity index (χ1n) is 10.7. The quantitative estimate of drug-likeness (QED) is 0.311. The first kappa shape index (κ1) is 23.3. The molecule has 2 N–H and O–H groups in total. The van der Waals surface area contributed by atoms with E-state index in [1.165, 1.54) is 0 Å². The summed E-state index contributed by atoms with van der Waals surface area (Å²) in [5, 5.41) is 10.8. The van der Waals surface area contributed by atoms with E-state index in [-0.39, 0.29) is 11.8 Å². The van der Waals surface area contributed by atoms with E-state index in [4.69, 9.17) is 4.74 Å². The minimum absolute atomic E-state index is 0.294. The summed E-state index contributed by atoms with van der Waals surface area (Å²) in [6.07, 6.45) is 1.66. The summed E-state index contributed by atoms with van der Waals surface area (Å²) in [4.78, 5) is 25.1. The minimum Gasteiger partial charge on any atom is -0.497 e. The van der Waals surface area contributed by atoms with Crippen LogP contribution in [-0.4, -0.2) is 33.7 Å². The third-order valence-corrected chi connectivity index (χ3v) is 6.62. The maximum absolute atomic E-state index is 12.6. The van der Waals surface area contributed by atoms with E-state index >= 15 is 0 Å². The van der Waals surface area contributed by atoms with Crippen LogP contribution in [-0.2, 0) is 17.6 Å². The smallest absolute Gasteiger partial charge is 0.269 e. The number of thioether (sulfide) groups is 1. The number of carbonyl (C=O) groups excluding carboxylic acids is 2. The van der Waals surface area contributed by atoms with Crippen molar-refractivity contribution in [3.63, 3.8) is 0 Å². The van der Waals surface area contributed by atoms with Gasteiger partial charge in [0, 0.05) is 18.4 Å². The van der Waals surface area contributed by atoms with Gasteiger partial charge in [-0.3, -0.25) is 20.4 Å². The monoisotopic (exact) mass is 475 g/mol. The highest BCUT2D eigenvalue weighted by atomic mass is 32.2. The largest absolute Gasteiger partial charge is 0.497 e. The van der Waals surface area contributed by atoms with Crippen LogP contribution >= 0.6 is 11.8 Å². The maximum atomic E-state index is 12.6. The Morgan fingerprint density at radius 3 is 2.47 bits per heavy atom. The second-order valence-electron chi connectivity index (χ2n) is 7.85. The number of nitrogens with one attached hydrogen (secondary N) is 2. The fourth-order valence-electron chi connectivity index (χ4n) is 3.39. The topological polar surface area (TPSA) is 98.1 Å². The molecule has 3 aromatic carbocycles. The van der Waals surface area contributed by atoms with Crippen molar-refractivity contribution in [3.05, 3.63) is 83.7 Å². The van der Waals surface area contributed by atoms with Crippen molar-refractivity contribution in [2.45, 2.75) is 23.8 Å². The number of amides is 2. The number of rotatable bonds is 7. The molecule has 174 valence electrons. The van der Waals surface area contributed by atoms with E-state index in [2.05, 4.69) is 21.0 Å². The van der Waals surface area contributed by atoms with Crippen LogP contribution in [0, 0.1) is 0 Å². The van der Waals surface area contributed by atoms with Gasteiger partial charge in [0.15, 0.2) is 5.16 Å². The molecule has 0 aliphatic rings. The van der Waals surface area contributed by atoms with Gasteiger partial charge < -0.3 is 9.30 Å². The van der Waals surface area contributed by atoms with E-state index in [0.29, 0.717) is 11.3 Å². The van der Waals surface area contributed by atoms with Crippen molar-refractivity contribution in [2.75, 3.05) is 7.11 Å². The van der Waals surface area contributed by atoms with Crippen LogP contribution in [0.15, 0.2) is 72.1 Å². The maximum Gasteiger partial charge on any atom is 0.269 e. The van der Waals surface area contributed by atoms with Gasteiger partial charge in [-0.2, -0.15) is 0 Å². The molecule has 8 nitrogen and oxygen atoms in total. The molecular formula is C25H25N5O3S.